The zero-order valence-corrected chi connectivity index (χ0v) is 22.2. The van der Waals surface area contributed by atoms with E-state index < -0.39 is 10.1 Å². The van der Waals surface area contributed by atoms with Crippen LogP contribution in [0.4, 0.5) is 0 Å². The minimum absolute atomic E-state index is 0.00837. The number of likely N-dealkylation sites (tertiary alicyclic amines) is 1. The fourth-order valence-electron chi connectivity index (χ4n) is 4.13. The lowest BCUT2D eigenvalue weighted by atomic mass is 10.0. The van der Waals surface area contributed by atoms with Crippen LogP contribution in [0.1, 0.15) is 42.1 Å². The minimum Gasteiger partial charge on any atom is -0.493 e. The number of amides is 1. The minimum atomic E-state index is -3.44. The lowest BCUT2D eigenvalue weighted by molar-refractivity contribution is 0.0366. The molecule has 1 fully saturated rings. The maximum Gasteiger partial charge on any atom is 0.264 e. The molecule has 0 aromatic heterocycles. The van der Waals surface area contributed by atoms with Gasteiger partial charge in [-0.1, -0.05) is 6.92 Å². The van der Waals surface area contributed by atoms with Crippen molar-refractivity contribution in [3.8, 4) is 11.5 Å². The topological polar surface area (TPSA) is 113 Å². The second-order valence-electron chi connectivity index (χ2n) is 8.37. The van der Waals surface area contributed by atoms with Crippen molar-refractivity contribution < 1.29 is 36.3 Å². The third-order valence-electron chi connectivity index (χ3n) is 5.84. The van der Waals surface area contributed by atoms with E-state index in [2.05, 4.69) is 21.3 Å². The number of hydrogen-bond acceptors (Lipinski definition) is 9. The molecule has 1 heterocycles. The van der Waals surface area contributed by atoms with Crippen molar-refractivity contribution in [2.45, 2.75) is 38.6 Å². The standard InChI is InChI=1S/C24H40N2O8S/c1-5-26-10-6-9-20(26)18-25-24(27)21-16-19(17-22(30-2)23(21)31-3)8-7-11-32-12-13-33-14-15-34-35(4,28)29/h16-17,20H,5-15,18H2,1-4H3,(H,25,27)/t20-/m0/s1. The highest BCUT2D eigenvalue weighted by Crippen LogP contribution is 2.33. The van der Waals surface area contributed by atoms with Crippen LogP contribution >= 0.6 is 0 Å². The molecule has 0 saturated carbocycles. The highest BCUT2D eigenvalue weighted by atomic mass is 32.2. The van der Waals surface area contributed by atoms with Gasteiger partial charge in [-0.3, -0.25) is 13.9 Å². The van der Waals surface area contributed by atoms with Crippen LogP contribution in [0.2, 0.25) is 0 Å². The number of ether oxygens (including phenoxy) is 4. The number of carbonyl (C=O) groups is 1. The van der Waals surface area contributed by atoms with Gasteiger partial charge in [0.25, 0.3) is 16.0 Å². The first-order valence-corrected chi connectivity index (χ1v) is 13.9. The number of rotatable bonds is 17. The predicted molar refractivity (Wildman–Crippen MR) is 133 cm³/mol. The summed E-state index contributed by atoms with van der Waals surface area (Å²) >= 11 is 0. The van der Waals surface area contributed by atoms with Crippen LogP contribution in [0.25, 0.3) is 0 Å². The largest absolute Gasteiger partial charge is 0.493 e. The van der Waals surface area contributed by atoms with E-state index in [1.165, 1.54) is 7.11 Å². The predicted octanol–water partition coefficient (Wildman–Crippen LogP) is 1.86. The van der Waals surface area contributed by atoms with Gasteiger partial charge in [-0.15, -0.1) is 0 Å². The molecule has 1 amide bonds. The summed E-state index contributed by atoms with van der Waals surface area (Å²) in [5, 5.41) is 3.07. The first kappa shape index (κ1) is 29.3. The molecule has 1 aromatic carbocycles. The monoisotopic (exact) mass is 516 g/mol. The Balaban J connectivity index is 1.81. The van der Waals surface area contributed by atoms with E-state index in [1.807, 2.05) is 12.1 Å². The fraction of sp³-hybridized carbons (Fsp3) is 0.708. The van der Waals surface area contributed by atoms with Crippen molar-refractivity contribution >= 4 is 16.0 Å². The Morgan fingerprint density at radius 1 is 1.09 bits per heavy atom. The van der Waals surface area contributed by atoms with Gasteiger partial charge in [0.05, 0.1) is 52.5 Å². The number of nitrogens with zero attached hydrogens (tertiary/aromatic N) is 1. The van der Waals surface area contributed by atoms with E-state index in [0.29, 0.717) is 55.9 Å². The van der Waals surface area contributed by atoms with Crippen LogP contribution < -0.4 is 14.8 Å². The number of aryl methyl sites for hydroxylation is 1. The van der Waals surface area contributed by atoms with Crippen LogP contribution in [0.15, 0.2) is 12.1 Å². The van der Waals surface area contributed by atoms with Gasteiger partial charge < -0.3 is 24.3 Å². The number of benzene rings is 1. The Kier molecular flexibility index (Phi) is 12.8. The number of carbonyl (C=O) groups excluding carboxylic acids is 1. The molecule has 10 nitrogen and oxygen atoms in total. The average Bonchev–Trinajstić information content (AvgIpc) is 3.29. The summed E-state index contributed by atoms with van der Waals surface area (Å²) in [5.41, 5.74) is 1.43. The van der Waals surface area contributed by atoms with Crippen molar-refractivity contribution in [3.63, 3.8) is 0 Å². The summed E-state index contributed by atoms with van der Waals surface area (Å²) < 4.78 is 48.1. The molecule has 2 rings (SSSR count). The van der Waals surface area contributed by atoms with Gasteiger partial charge in [-0.25, -0.2) is 0 Å². The Morgan fingerprint density at radius 2 is 1.80 bits per heavy atom. The Hall–Kier alpha value is -1.92. The van der Waals surface area contributed by atoms with E-state index in [4.69, 9.17) is 18.9 Å². The zero-order valence-electron chi connectivity index (χ0n) is 21.3. The van der Waals surface area contributed by atoms with Gasteiger partial charge in [0.15, 0.2) is 11.5 Å². The molecular weight excluding hydrogens is 476 g/mol. The Bertz CT molecular complexity index is 894. The van der Waals surface area contributed by atoms with E-state index in [9.17, 15) is 13.2 Å². The quantitative estimate of drug-likeness (QED) is 0.245. The second kappa shape index (κ2) is 15.2. The van der Waals surface area contributed by atoms with Gasteiger partial charge in [0.2, 0.25) is 0 Å². The molecule has 1 N–H and O–H groups in total. The fourth-order valence-corrected chi connectivity index (χ4v) is 4.50. The van der Waals surface area contributed by atoms with Crippen molar-refractivity contribution in [2.75, 3.05) is 73.1 Å². The molecule has 0 spiro atoms. The molecule has 1 aliphatic rings. The normalized spacial score (nSPS) is 16.4. The SMILES string of the molecule is CCN1CCC[C@H]1CNC(=O)c1cc(CCCOCCOCCOS(C)(=O)=O)cc(OC)c1OC. The molecule has 35 heavy (non-hydrogen) atoms. The van der Waals surface area contributed by atoms with Crippen LogP contribution in [0.5, 0.6) is 11.5 Å². The maximum absolute atomic E-state index is 13.0. The van der Waals surface area contributed by atoms with Crippen LogP contribution in [0, 0.1) is 0 Å². The molecule has 200 valence electrons. The summed E-state index contributed by atoms with van der Waals surface area (Å²) in [5.74, 6) is 0.788. The second-order valence-corrected chi connectivity index (χ2v) is 10.0. The summed E-state index contributed by atoms with van der Waals surface area (Å²) in [4.78, 5) is 15.4. The zero-order chi connectivity index (χ0) is 25.7. The molecule has 0 bridgehead atoms. The lowest BCUT2D eigenvalue weighted by Gasteiger charge is -2.23. The Labute approximate surface area is 209 Å². The molecule has 11 heteroatoms. The van der Waals surface area contributed by atoms with Gasteiger partial charge in [0, 0.05) is 19.2 Å². The number of likely N-dealkylation sites (N-methyl/N-ethyl adjacent to an activating group) is 1. The van der Waals surface area contributed by atoms with Gasteiger partial charge in [-0.2, -0.15) is 8.42 Å². The molecular formula is C24H40N2O8S. The van der Waals surface area contributed by atoms with E-state index in [-0.39, 0.29) is 19.1 Å². The highest BCUT2D eigenvalue weighted by molar-refractivity contribution is 7.85. The van der Waals surface area contributed by atoms with Crippen LogP contribution in [0.3, 0.4) is 0 Å². The average molecular weight is 517 g/mol. The van der Waals surface area contributed by atoms with Crippen molar-refractivity contribution in [2.24, 2.45) is 0 Å². The summed E-state index contributed by atoms with van der Waals surface area (Å²) in [6.45, 7) is 6.26. The molecule has 0 aliphatic carbocycles. The van der Waals surface area contributed by atoms with Crippen molar-refractivity contribution in [1.82, 2.24) is 10.2 Å². The van der Waals surface area contributed by atoms with Gasteiger partial charge in [0.1, 0.15) is 0 Å². The molecule has 1 aromatic rings. The van der Waals surface area contributed by atoms with Crippen molar-refractivity contribution in [1.29, 1.82) is 0 Å². The number of methoxy groups -OCH3 is 2. The smallest absolute Gasteiger partial charge is 0.264 e. The molecule has 0 radical (unpaired) electrons. The van der Waals surface area contributed by atoms with Crippen LogP contribution in [-0.2, 0) is 30.2 Å². The van der Waals surface area contributed by atoms with E-state index >= 15 is 0 Å². The third kappa shape index (κ3) is 10.3. The third-order valence-corrected chi connectivity index (χ3v) is 6.43. The molecule has 1 atom stereocenters. The molecule has 1 aliphatic heterocycles. The number of hydrogen-bond donors (Lipinski definition) is 1. The maximum atomic E-state index is 13.0. The molecule has 0 unspecified atom stereocenters. The summed E-state index contributed by atoms with van der Waals surface area (Å²) in [6.07, 6.45) is 4.71. The highest BCUT2D eigenvalue weighted by Gasteiger charge is 2.25. The Morgan fingerprint density at radius 3 is 2.46 bits per heavy atom. The summed E-state index contributed by atoms with van der Waals surface area (Å²) in [6, 6.07) is 4.11. The first-order chi connectivity index (χ1) is 16.8. The summed E-state index contributed by atoms with van der Waals surface area (Å²) in [7, 11) is -0.344. The van der Waals surface area contributed by atoms with E-state index in [0.717, 1.165) is 44.2 Å². The number of nitrogens with one attached hydrogen (secondary N) is 1. The van der Waals surface area contributed by atoms with Crippen molar-refractivity contribution in [3.05, 3.63) is 23.3 Å². The first-order valence-electron chi connectivity index (χ1n) is 12.1. The molecule has 1 saturated heterocycles. The van der Waals surface area contributed by atoms with Crippen LogP contribution in [-0.4, -0.2) is 98.4 Å². The van der Waals surface area contributed by atoms with Gasteiger partial charge in [-0.05, 0) is 56.5 Å². The van der Waals surface area contributed by atoms with E-state index in [1.54, 1.807) is 7.11 Å². The van der Waals surface area contributed by atoms with Gasteiger partial charge >= 0.3 is 0 Å². The lowest BCUT2D eigenvalue weighted by Crippen LogP contribution is -2.40.